The Bertz CT molecular complexity index is 530. The van der Waals surface area contributed by atoms with Crippen molar-refractivity contribution >= 4 is 12.7 Å². The van der Waals surface area contributed by atoms with E-state index in [1.807, 2.05) is 6.79 Å². The van der Waals surface area contributed by atoms with Crippen LogP contribution in [0.2, 0.25) is 0 Å². The van der Waals surface area contributed by atoms with Crippen LogP contribution in [0.1, 0.15) is 51.4 Å². The molecule has 3 atom stereocenters. The average molecular weight is 333 g/mol. The number of amides is 1. The van der Waals surface area contributed by atoms with Crippen LogP contribution in [0.15, 0.2) is 0 Å². The van der Waals surface area contributed by atoms with Gasteiger partial charge < -0.3 is 20.1 Å². The second-order valence-electron chi connectivity index (χ2n) is 8.19. The van der Waals surface area contributed by atoms with Crippen molar-refractivity contribution in [3.8, 4) is 6.07 Å². The zero-order chi connectivity index (χ0) is 17.4. The minimum Gasteiger partial charge on any atom is -0.390 e. The molecule has 1 heterocycles. The molecule has 2 unspecified atom stereocenters. The summed E-state index contributed by atoms with van der Waals surface area (Å²) >= 11 is 0. The Morgan fingerprint density at radius 2 is 1.96 bits per heavy atom. The highest BCUT2D eigenvalue weighted by Gasteiger charge is 2.57. The number of carbonyl (C=O) groups excluding carboxylic acids is 2. The molecular formula is C18H27N3O3. The molecule has 5 fully saturated rings. The third-order valence-electron chi connectivity index (χ3n) is 6.37. The topological polar surface area (TPSA) is 93.4 Å². The van der Waals surface area contributed by atoms with Gasteiger partial charge in [-0.15, -0.1) is 0 Å². The second-order valence-corrected chi connectivity index (χ2v) is 8.19. The third-order valence-corrected chi connectivity index (χ3v) is 6.37. The number of rotatable bonds is 3. The molecule has 0 aromatic carbocycles. The summed E-state index contributed by atoms with van der Waals surface area (Å²) in [6.45, 7) is 3.02. The van der Waals surface area contributed by atoms with E-state index >= 15 is 0 Å². The van der Waals surface area contributed by atoms with Gasteiger partial charge in [0.25, 0.3) is 0 Å². The molecule has 6 heteroatoms. The van der Waals surface area contributed by atoms with Crippen molar-refractivity contribution in [3.05, 3.63) is 0 Å². The molecule has 6 nitrogen and oxygen atoms in total. The SMILES string of the molecule is C=O.N#C[C@@H]1CCCN1C(=O)CNC12CC3CC(CC(O)(C3)C1)C2. The van der Waals surface area contributed by atoms with Crippen LogP contribution in [0.4, 0.5) is 0 Å². The van der Waals surface area contributed by atoms with Crippen LogP contribution in [-0.4, -0.2) is 53.0 Å². The fraction of sp³-hybridized carbons (Fsp3) is 0.833. The lowest BCUT2D eigenvalue weighted by atomic mass is 9.51. The van der Waals surface area contributed by atoms with Gasteiger partial charge >= 0.3 is 0 Å². The third kappa shape index (κ3) is 3.07. The highest BCUT2D eigenvalue weighted by molar-refractivity contribution is 5.79. The van der Waals surface area contributed by atoms with Crippen molar-refractivity contribution in [1.29, 1.82) is 5.26 Å². The van der Waals surface area contributed by atoms with Gasteiger partial charge in [-0.3, -0.25) is 4.79 Å². The van der Waals surface area contributed by atoms with Gasteiger partial charge in [0, 0.05) is 12.1 Å². The van der Waals surface area contributed by atoms with Gasteiger partial charge in [0.15, 0.2) is 0 Å². The first-order valence-electron chi connectivity index (χ1n) is 8.96. The van der Waals surface area contributed by atoms with Crippen LogP contribution >= 0.6 is 0 Å². The lowest BCUT2D eigenvalue weighted by Gasteiger charge is -2.60. The summed E-state index contributed by atoms with van der Waals surface area (Å²) < 4.78 is 0. The molecule has 4 bridgehead atoms. The second kappa shape index (κ2) is 6.45. The average Bonchev–Trinajstić information content (AvgIpc) is 3.01. The van der Waals surface area contributed by atoms with Gasteiger partial charge in [-0.1, -0.05) is 0 Å². The molecule has 0 aromatic rings. The van der Waals surface area contributed by atoms with Gasteiger partial charge in [0.05, 0.1) is 18.2 Å². The Kier molecular flexibility index (Phi) is 4.67. The largest absolute Gasteiger partial charge is 0.390 e. The van der Waals surface area contributed by atoms with Crippen LogP contribution in [0.5, 0.6) is 0 Å². The van der Waals surface area contributed by atoms with Gasteiger partial charge in [-0.05, 0) is 63.2 Å². The van der Waals surface area contributed by atoms with E-state index in [1.54, 1.807) is 4.90 Å². The van der Waals surface area contributed by atoms with Crippen molar-refractivity contribution in [1.82, 2.24) is 10.2 Å². The van der Waals surface area contributed by atoms with E-state index in [9.17, 15) is 9.90 Å². The quantitative estimate of drug-likeness (QED) is 0.803. The Morgan fingerprint density at radius 1 is 1.29 bits per heavy atom. The first-order chi connectivity index (χ1) is 11.5. The standard InChI is InChI=1S/C17H25N3O2.CH2O/c18-9-14-2-1-3-20(14)15(21)10-19-16-5-12-4-13(6-16)8-17(22,7-12)11-16;1-2/h12-14,19,22H,1-8,10-11H2;1H2/t12?,13?,14-,16?,17?;/m0./s1. The van der Waals surface area contributed by atoms with E-state index < -0.39 is 5.60 Å². The molecule has 4 saturated carbocycles. The number of likely N-dealkylation sites (tertiary alicyclic amines) is 1. The predicted octanol–water partition coefficient (Wildman–Crippen LogP) is 0.989. The molecule has 0 spiro atoms. The van der Waals surface area contributed by atoms with Gasteiger partial charge in [0.2, 0.25) is 5.91 Å². The molecule has 1 amide bonds. The Labute approximate surface area is 143 Å². The summed E-state index contributed by atoms with van der Waals surface area (Å²) in [4.78, 5) is 22.2. The lowest BCUT2D eigenvalue weighted by molar-refractivity contribution is -0.147. The van der Waals surface area contributed by atoms with Crippen LogP contribution in [0.3, 0.4) is 0 Å². The van der Waals surface area contributed by atoms with Crippen molar-refractivity contribution in [2.45, 2.75) is 68.5 Å². The fourth-order valence-corrected chi connectivity index (χ4v) is 5.99. The molecule has 1 aliphatic heterocycles. The predicted molar refractivity (Wildman–Crippen MR) is 87.8 cm³/mol. The first kappa shape index (κ1) is 17.4. The van der Waals surface area contributed by atoms with Crippen molar-refractivity contribution in [2.24, 2.45) is 11.8 Å². The minimum atomic E-state index is -0.497. The lowest BCUT2D eigenvalue weighted by Crippen LogP contribution is -2.65. The molecule has 5 rings (SSSR count). The highest BCUT2D eigenvalue weighted by atomic mass is 16.3. The first-order valence-corrected chi connectivity index (χ1v) is 8.96. The van der Waals surface area contributed by atoms with E-state index in [4.69, 9.17) is 10.1 Å². The van der Waals surface area contributed by atoms with Crippen LogP contribution in [0.25, 0.3) is 0 Å². The molecule has 24 heavy (non-hydrogen) atoms. The maximum Gasteiger partial charge on any atom is 0.237 e. The summed E-state index contributed by atoms with van der Waals surface area (Å²) in [5.74, 6) is 1.28. The Hall–Kier alpha value is -1.45. The van der Waals surface area contributed by atoms with E-state index in [-0.39, 0.29) is 17.5 Å². The Morgan fingerprint density at radius 3 is 2.54 bits per heavy atom. The van der Waals surface area contributed by atoms with Crippen LogP contribution < -0.4 is 5.32 Å². The Balaban J connectivity index is 0.000000815. The maximum atomic E-state index is 12.4. The van der Waals surface area contributed by atoms with E-state index in [1.165, 1.54) is 6.42 Å². The highest BCUT2D eigenvalue weighted by Crippen LogP contribution is 2.57. The smallest absolute Gasteiger partial charge is 0.237 e. The number of nitrogens with zero attached hydrogens (tertiary/aromatic N) is 2. The molecule has 132 valence electrons. The summed E-state index contributed by atoms with van der Waals surface area (Å²) in [6, 6.07) is 1.99. The normalized spacial score (nSPS) is 42.3. The molecular weight excluding hydrogens is 306 g/mol. The van der Waals surface area contributed by atoms with Gasteiger partial charge in [-0.25, -0.2) is 0 Å². The molecule has 1 saturated heterocycles. The zero-order valence-electron chi connectivity index (χ0n) is 14.2. The molecule has 0 radical (unpaired) electrons. The number of aliphatic hydroxyl groups is 1. The van der Waals surface area contributed by atoms with Gasteiger partial charge in [-0.2, -0.15) is 5.26 Å². The molecule has 0 aromatic heterocycles. The zero-order valence-corrected chi connectivity index (χ0v) is 14.2. The number of nitrogens with one attached hydrogen (secondary N) is 1. The van der Waals surface area contributed by atoms with E-state index in [0.717, 1.165) is 44.9 Å². The number of nitriles is 1. The molecule has 4 aliphatic carbocycles. The molecule has 5 aliphatic rings. The summed E-state index contributed by atoms with van der Waals surface area (Å²) in [6.07, 6.45) is 7.87. The maximum absolute atomic E-state index is 12.4. The monoisotopic (exact) mass is 333 g/mol. The van der Waals surface area contributed by atoms with Crippen LogP contribution in [-0.2, 0) is 9.59 Å². The van der Waals surface area contributed by atoms with Crippen molar-refractivity contribution < 1.29 is 14.7 Å². The minimum absolute atomic E-state index is 0.0453. The summed E-state index contributed by atoms with van der Waals surface area (Å²) in [7, 11) is 0. The van der Waals surface area contributed by atoms with Gasteiger partial charge in [0.1, 0.15) is 12.8 Å². The fourth-order valence-electron chi connectivity index (χ4n) is 5.99. The van der Waals surface area contributed by atoms with E-state index in [2.05, 4.69) is 11.4 Å². The van der Waals surface area contributed by atoms with Crippen molar-refractivity contribution in [3.63, 3.8) is 0 Å². The van der Waals surface area contributed by atoms with Crippen LogP contribution in [0, 0.1) is 23.2 Å². The number of hydrogen-bond donors (Lipinski definition) is 2. The summed E-state index contributed by atoms with van der Waals surface area (Å²) in [5.41, 5.74) is -0.542. The molecule has 2 N–H and O–H groups in total. The van der Waals surface area contributed by atoms with E-state index in [0.29, 0.717) is 24.9 Å². The summed E-state index contributed by atoms with van der Waals surface area (Å²) in [5, 5.41) is 23.4. The number of carbonyl (C=O) groups is 2. The number of hydrogen-bond acceptors (Lipinski definition) is 5. The van der Waals surface area contributed by atoms with Crippen molar-refractivity contribution in [2.75, 3.05) is 13.1 Å².